The zero-order valence-corrected chi connectivity index (χ0v) is 19.8. The predicted octanol–water partition coefficient (Wildman–Crippen LogP) is 5.92. The van der Waals surface area contributed by atoms with Crippen LogP contribution in [0.1, 0.15) is 11.6 Å². The van der Waals surface area contributed by atoms with E-state index >= 15 is 0 Å². The van der Waals surface area contributed by atoms with Crippen LogP contribution in [0.3, 0.4) is 0 Å². The van der Waals surface area contributed by atoms with Crippen LogP contribution in [-0.4, -0.2) is 17.9 Å². The third kappa shape index (κ3) is 3.59. The van der Waals surface area contributed by atoms with E-state index in [2.05, 4.69) is 31.9 Å². The van der Waals surface area contributed by atoms with Crippen molar-refractivity contribution in [2.75, 3.05) is 9.96 Å². The van der Waals surface area contributed by atoms with Crippen molar-refractivity contribution >= 4 is 66.6 Å². The summed E-state index contributed by atoms with van der Waals surface area (Å²) in [7, 11) is 0. The summed E-state index contributed by atoms with van der Waals surface area (Å²) >= 11 is 13.0. The van der Waals surface area contributed by atoms with Crippen LogP contribution in [0.4, 0.5) is 11.4 Å². The highest BCUT2D eigenvalue weighted by Crippen LogP contribution is 2.48. The average molecular weight is 563 g/mol. The van der Waals surface area contributed by atoms with Crippen molar-refractivity contribution in [3.05, 3.63) is 92.3 Å². The molecule has 156 valence electrons. The first-order valence-corrected chi connectivity index (χ1v) is 11.5. The van der Waals surface area contributed by atoms with Crippen LogP contribution in [0, 0.1) is 5.92 Å². The molecule has 0 saturated carbocycles. The number of hydroxylamine groups is 1. The van der Waals surface area contributed by atoms with Gasteiger partial charge >= 0.3 is 0 Å². The Morgan fingerprint density at radius 2 is 1.42 bits per heavy atom. The highest BCUT2D eigenvalue weighted by molar-refractivity contribution is 9.10. The number of halogens is 3. The number of fused-ring (bicyclic) bond motifs is 1. The highest BCUT2D eigenvalue weighted by Gasteiger charge is 2.60. The Hall–Kier alpha value is -2.19. The average Bonchev–Trinajstić information content (AvgIpc) is 3.25. The second-order valence-corrected chi connectivity index (χ2v) is 9.61. The molecule has 5 rings (SSSR count). The summed E-state index contributed by atoms with van der Waals surface area (Å²) in [5, 5.41) is 2.26. The van der Waals surface area contributed by atoms with Crippen molar-refractivity contribution in [2.24, 2.45) is 5.92 Å². The Labute approximate surface area is 200 Å². The maximum atomic E-state index is 13.6. The standard InChI is InChI=1S/C23H15Br2ClN2O3/c24-14-3-1-5-17(11-14)27-22(29)19-20(13-7-9-16(26)10-8-13)28(31-21(19)23(27)30)18-6-2-4-15(25)12-18/h1-12,19-21H/t19-,20-,21-/m1/s1. The molecular weight excluding hydrogens is 548 g/mol. The Morgan fingerprint density at radius 3 is 2.06 bits per heavy atom. The van der Waals surface area contributed by atoms with Gasteiger partial charge in [0.05, 0.1) is 17.4 Å². The molecule has 0 aromatic heterocycles. The van der Waals surface area contributed by atoms with Gasteiger partial charge in [-0.25, -0.2) is 9.96 Å². The van der Waals surface area contributed by atoms with Crippen LogP contribution in [0.15, 0.2) is 81.7 Å². The van der Waals surface area contributed by atoms with Gasteiger partial charge < -0.3 is 0 Å². The molecule has 0 unspecified atom stereocenters. The summed E-state index contributed by atoms with van der Waals surface area (Å²) in [5.74, 6) is -1.35. The van der Waals surface area contributed by atoms with E-state index < -0.39 is 18.1 Å². The lowest BCUT2D eigenvalue weighted by Crippen LogP contribution is -2.37. The van der Waals surface area contributed by atoms with Gasteiger partial charge in [0.1, 0.15) is 5.92 Å². The number of anilines is 2. The Balaban J connectivity index is 1.60. The van der Waals surface area contributed by atoms with Crippen molar-refractivity contribution in [3.8, 4) is 0 Å². The Morgan fingerprint density at radius 1 is 0.806 bits per heavy atom. The van der Waals surface area contributed by atoms with Crippen LogP contribution < -0.4 is 9.96 Å². The third-order valence-corrected chi connectivity index (χ3v) is 6.69. The first-order chi connectivity index (χ1) is 14.9. The lowest BCUT2D eigenvalue weighted by Gasteiger charge is -2.29. The first kappa shape index (κ1) is 20.7. The van der Waals surface area contributed by atoms with Gasteiger partial charge in [-0.3, -0.25) is 14.4 Å². The monoisotopic (exact) mass is 560 g/mol. The van der Waals surface area contributed by atoms with Crippen molar-refractivity contribution < 1.29 is 14.4 Å². The molecule has 3 atom stereocenters. The van der Waals surface area contributed by atoms with E-state index in [9.17, 15) is 9.59 Å². The number of hydrogen-bond acceptors (Lipinski definition) is 4. The van der Waals surface area contributed by atoms with Crippen LogP contribution in [0.2, 0.25) is 5.02 Å². The van der Waals surface area contributed by atoms with E-state index in [1.54, 1.807) is 35.4 Å². The smallest absolute Gasteiger partial charge is 0.266 e. The molecule has 8 heteroatoms. The van der Waals surface area contributed by atoms with Gasteiger partial charge in [0.2, 0.25) is 5.91 Å². The summed E-state index contributed by atoms with van der Waals surface area (Å²) in [6.07, 6.45) is -0.911. The molecule has 0 spiro atoms. The summed E-state index contributed by atoms with van der Waals surface area (Å²) < 4.78 is 1.66. The fraction of sp³-hybridized carbons (Fsp3) is 0.130. The predicted molar refractivity (Wildman–Crippen MR) is 126 cm³/mol. The SMILES string of the molecule is O=C1[C@@H]2[C@@H](c3ccc(Cl)cc3)N(c3cccc(Br)c3)O[C@H]2C(=O)N1c1cccc(Br)c1. The maximum absolute atomic E-state index is 13.6. The summed E-state index contributed by atoms with van der Waals surface area (Å²) in [4.78, 5) is 34.2. The normalized spacial score (nSPS) is 22.9. The minimum absolute atomic E-state index is 0.287. The van der Waals surface area contributed by atoms with Crippen molar-refractivity contribution in [1.29, 1.82) is 0 Å². The van der Waals surface area contributed by atoms with Crippen LogP contribution in [0.5, 0.6) is 0 Å². The molecular formula is C23H15Br2ClN2O3. The summed E-state index contributed by atoms with van der Waals surface area (Å²) in [6.45, 7) is 0. The summed E-state index contributed by atoms with van der Waals surface area (Å²) in [6, 6.07) is 21.5. The van der Waals surface area contributed by atoms with Crippen LogP contribution >= 0.6 is 43.5 Å². The molecule has 2 saturated heterocycles. The molecule has 3 aromatic carbocycles. The van der Waals surface area contributed by atoms with E-state index in [-0.39, 0.29) is 11.8 Å². The van der Waals surface area contributed by atoms with E-state index in [1.165, 1.54) is 4.90 Å². The van der Waals surface area contributed by atoms with Crippen molar-refractivity contribution in [3.63, 3.8) is 0 Å². The number of amides is 2. The highest BCUT2D eigenvalue weighted by atomic mass is 79.9. The van der Waals surface area contributed by atoms with E-state index in [4.69, 9.17) is 16.4 Å². The van der Waals surface area contributed by atoms with Crippen LogP contribution in [0.25, 0.3) is 0 Å². The van der Waals surface area contributed by atoms with Gasteiger partial charge in [-0.2, -0.15) is 0 Å². The fourth-order valence-corrected chi connectivity index (χ4v) is 5.02. The molecule has 0 bridgehead atoms. The van der Waals surface area contributed by atoms with Gasteiger partial charge in [0.25, 0.3) is 5.91 Å². The molecule has 0 aliphatic carbocycles. The van der Waals surface area contributed by atoms with Gasteiger partial charge in [0, 0.05) is 14.0 Å². The lowest BCUT2D eigenvalue weighted by molar-refractivity contribution is -0.126. The maximum Gasteiger partial charge on any atom is 0.266 e. The quantitative estimate of drug-likeness (QED) is 0.372. The fourth-order valence-electron chi connectivity index (χ4n) is 4.12. The Kier molecular flexibility index (Phi) is 5.38. The number of hydrogen-bond donors (Lipinski definition) is 0. The molecule has 0 N–H and O–H groups in total. The topological polar surface area (TPSA) is 49.9 Å². The van der Waals surface area contributed by atoms with Crippen molar-refractivity contribution in [2.45, 2.75) is 12.1 Å². The van der Waals surface area contributed by atoms with E-state index in [0.29, 0.717) is 10.7 Å². The number of benzene rings is 3. The van der Waals surface area contributed by atoms with Crippen molar-refractivity contribution in [1.82, 2.24) is 0 Å². The minimum Gasteiger partial charge on any atom is -0.273 e. The molecule has 2 heterocycles. The number of carbonyl (C=O) groups excluding carboxylic acids is 2. The van der Waals surface area contributed by atoms with Gasteiger partial charge in [-0.15, -0.1) is 0 Å². The number of rotatable bonds is 3. The largest absolute Gasteiger partial charge is 0.273 e. The van der Waals surface area contributed by atoms with Gasteiger partial charge in [-0.1, -0.05) is 67.7 Å². The first-order valence-electron chi connectivity index (χ1n) is 9.54. The Bertz CT molecular complexity index is 1190. The lowest BCUT2D eigenvalue weighted by atomic mass is 9.90. The van der Waals surface area contributed by atoms with Gasteiger partial charge in [0.15, 0.2) is 6.10 Å². The molecule has 2 fully saturated rings. The van der Waals surface area contributed by atoms with Crippen LogP contribution in [-0.2, 0) is 14.4 Å². The zero-order valence-electron chi connectivity index (χ0n) is 15.9. The van der Waals surface area contributed by atoms with E-state index in [1.807, 2.05) is 42.5 Å². The molecule has 2 aliphatic heterocycles. The number of nitrogens with zero attached hydrogens (tertiary/aromatic N) is 2. The number of carbonyl (C=O) groups is 2. The van der Waals surface area contributed by atoms with E-state index in [0.717, 1.165) is 20.2 Å². The second-order valence-electron chi connectivity index (χ2n) is 7.35. The molecule has 31 heavy (non-hydrogen) atoms. The zero-order chi connectivity index (χ0) is 21.7. The second kappa shape index (κ2) is 8.06. The summed E-state index contributed by atoms with van der Waals surface area (Å²) in [5.41, 5.74) is 2.11. The molecule has 5 nitrogen and oxygen atoms in total. The molecule has 2 aliphatic rings. The minimum atomic E-state index is -0.911. The molecule has 3 aromatic rings. The molecule has 2 amide bonds. The molecule has 0 radical (unpaired) electrons. The third-order valence-electron chi connectivity index (χ3n) is 5.46. The van der Waals surface area contributed by atoms with Gasteiger partial charge in [-0.05, 0) is 54.1 Å². The number of imide groups is 1.